The third-order valence-electron chi connectivity index (χ3n) is 2.11. The van der Waals surface area contributed by atoms with Gasteiger partial charge in [-0.1, -0.05) is 18.2 Å². The van der Waals surface area contributed by atoms with Gasteiger partial charge in [-0.3, -0.25) is 0 Å². The van der Waals surface area contributed by atoms with Crippen LogP contribution in [0.4, 0.5) is 0 Å². The van der Waals surface area contributed by atoms with Crippen LogP contribution in [0.2, 0.25) is 0 Å². The topological polar surface area (TPSA) is 38.1 Å². The zero-order valence-corrected chi connectivity index (χ0v) is 9.68. The maximum absolute atomic E-state index is 8.85. The van der Waals surface area contributed by atoms with Crippen LogP contribution in [0.3, 0.4) is 0 Å². The van der Waals surface area contributed by atoms with Crippen molar-refractivity contribution in [1.82, 2.24) is 9.78 Å². The van der Waals surface area contributed by atoms with Gasteiger partial charge < -0.3 is 5.11 Å². The minimum atomic E-state index is 0.115. The molecule has 0 radical (unpaired) electrons. The first-order chi connectivity index (χ1) is 7.31. The molecule has 0 bridgehead atoms. The molecule has 1 aromatic heterocycles. The predicted molar refractivity (Wildman–Crippen MR) is 62.1 cm³/mol. The van der Waals surface area contributed by atoms with Gasteiger partial charge in [-0.2, -0.15) is 5.10 Å². The Hall–Kier alpha value is -1.13. The fourth-order valence-electron chi connectivity index (χ4n) is 1.38. The maximum atomic E-state index is 8.85. The second-order valence-corrected chi connectivity index (χ2v) is 4.03. The monoisotopic (exact) mass is 266 g/mol. The maximum Gasteiger partial charge on any atom is 0.0793 e. The summed E-state index contributed by atoms with van der Waals surface area (Å²) in [6, 6.07) is 9.88. The SMILES string of the molecule is OCCc1nn(-c2ccccc2)cc1Br. The van der Waals surface area contributed by atoms with Gasteiger partial charge in [0.2, 0.25) is 0 Å². The highest BCUT2D eigenvalue weighted by molar-refractivity contribution is 9.10. The molecule has 1 aromatic carbocycles. The highest BCUT2D eigenvalue weighted by Gasteiger charge is 2.06. The smallest absolute Gasteiger partial charge is 0.0793 e. The Kier molecular flexibility index (Phi) is 3.18. The molecule has 2 aromatic rings. The van der Waals surface area contributed by atoms with Crippen LogP contribution in [-0.4, -0.2) is 21.5 Å². The van der Waals surface area contributed by atoms with Gasteiger partial charge in [0.15, 0.2) is 0 Å². The molecule has 78 valence electrons. The van der Waals surface area contributed by atoms with Crippen LogP contribution in [0.25, 0.3) is 5.69 Å². The van der Waals surface area contributed by atoms with E-state index in [2.05, 4.69) is 21.0 Å². The molecule has 4 heteroatoms. The number of hydrogen-bond donors (Lipinski definition) is 1. The molecule has 0 spiro atoms. The van der Waals surface area contributed by atoms with Crippen molar-refractivity contribution < 1.29 is 5.11 Å². The van der Waals surface area contributed by atoms with Crippen LogP contribution < -0.4 is 0 Å². The number of para-hydroxylation sites is 1. The normalized spacial score (nSPS) is 10.5. The Balaban J connectivity index is 2.34. The highest BCUT2D eigenvalue weighted by atomic mass is 79.9. The average molecular weight is 267 g/mol. The number of aliphatic hydroxyl groups excluding tert-OH is 1. The van der Waals surface area contributed by atoms with Crippen molar-refractivity contribution in [3.63, 3.8) is 0 Å². The molecule has 1 heterocycles. The van der Waals surface area contributed by atoms with Gasteiger partial charge >= 0.3 is 0 Å². The summed E-state index contributed by atoms with van der Waals surface area (Å²) in [5, 5.41) is 13.2. The molecular formula is C11H11BrN2O. The Labute approximate surface area is 96.5 Å². The number of rotatable bonds is 3. The van der Waals surface area contributed by atoms with Gasteiger partial charge in [0.1, 0.15) is 0 Å². The van der Waals surface area contributed by atoms with Crippen LogP contribution >= 0.6 is 15.9 Å². The first-order valence-corrected chi connectivity index (χ1v) is 5.51. The molecule has 0 saturated carbocycles. The zero-order valence-electron chi connectivity index (χ0n) is 8.10. The molecule has 2 rings (SSSR count). The molecule has 0 unspecified atom stereocenters. The van der Waals surface area contributed by atoms with Crippen LogP contribution in [0, 0.1) is 0 Å². The van der Waals surface area contributed by atoms with E-state index in [1.807, 2.05) is 36.5 Å². The molecule has 0 fully saturated rings. The van der Waals surface area contributed by atoms with Crippen molar-refractivity contribution in [1.29, 1.82) is 0 Å². The molecule has 0 aliphatic rings. The third-order valence-corrected chi connectivity index (χ3v) is 2.77. The van der Waals surface area contributed by atoms with Crippen molar-refractivity contribution in [2.45, 2.75) is 6.42 Å². The van der Waals surface area contributed by atoms with Crippen LogP contribution in [0.1, 0.15) is 5.69 Å². The van der Waals surface area contributed by atoms with Crippen molar-refractivity contribution in [2.75, 3.05) is 6.61 Å². The van der Waals surface area contributed by atoms with E-state index in [-0.39, 0.29) is 6.61 Å². The molecule has 15 heavy (non-hydrogen) atoms. The molecule has 0 atom stereocenters. The number of aromatic nitrogens is 2. The summed E-state index contributed by atoms with van der Waals surface area (Å²) >= 11 is 3.42. The summed E-state index contributed by atoms with van der Waals surface area (Å²) in [6.07, 6.45) is 2.47. The Bertz CT molecular complexity index is 439. The van der Waals surface area contributed by atoms with E-state index in [9.17, 15) is 0 Å². The third kappa shape index (κ3) is 2.27. The van der Waals surface area contributed by atoms with Crippen molar-refractivity contribution in [3.8, 4) is 5.69 Å². The molecular weight excluding hydrogens is 256 g/mol. The summed E-state index contributed by atoms with van der Waals surface area (Å²) in [7, 11) is 0. The number of hydrogen-bond acceptors (Lipinski definition) is 2. The molecule has 0 saturated heterocycles. The van der Waals surface area contributed by atoms with E-state index >= 15 is 0 Å². The highest BCUT2D eigenvalue weighted by Crippen LogP contribution is 2.18. The van der Waals surface area contributed by atoms with E-state index in [0.717, 1.165) is 15.9 Å². The van der Waals surface area contributed by atoms with Crippen molar-refractivity contribution >= 4 is 15.9 Å². The summed E-state index contributed by atoms with van der Waals surface area (Å²) < 4.78 is 2.73. The molecule has 3 nitrogen and oxygen atoms in total. The van der Waals surface area contributed by atoms with Crippen LogP contribution in [0.5, 0.6) is 0 Å². The lowest BCUT2D eigenvalue weighted by atomic mass is 10.3. The quantitative estimate of drug-likeness (QED) is 0.925. The van der Waals surface area contributed by atoms with E-state index < -0.39 is 0 Å². The fraction of sp³-hybridized carbons (Fsp3) is 0.182. The predicted octanol–water partition coefficient (Wildman–Crippen LogP) is 2.17. The minimum absolute atomic E-state index is 0.115. The summed E-state index contributed by atoms with van der Waals surface area (Å²) in [4.78, 5) is 0. The second-order valence-electron chi connectivity index (χ2n) is 3.18. The van der Waals surface area contributed by atoms with Crippen molar-refractivity contribution in [2.24, 2.45) is 0 Å². The average Bonchev–Trinajstić information content (AvgIpc) is 2.63. The lowest BCUT2D eigenvalue weighted by molar-refractivity contribution is 0.298. The van der Waals surface area contributed by atoms with Crippen LogP contribution in [0.15, 0.2) is 41.0 Å². The van der Waals surface area contributed by atoms with Gasteiger partial charge in [-0.15, -0.1) is 0 Å². The summed E-state index contributed by atoms with van der Waals surface area (Å²) in [6.45, 7) is 0.115. The number of benzene rings is 1. The largest absolute Gasteiger partial charge is 0.396 e. The van der Waals surface area contributed by atoms with E-state index in [0.29, 0.717) is 6.42 Å². The standard InChI is InChI=1S/C11H11BrN2O/c12-10-8-14(13-11(10)6-7-15)9-4-2-1-3-5-9/h1-5,8,15H,6-7H2. The lowest BCUT2D eigenvalue weighted by Crippen LogP contribution is -1.97. The Morgan fingerprint density at radius 1 is 1.27 bits per heavy atom. The number of nitrogens with zero attached hydrogens (tertiary/aromatic N) is 2. The molecule has 1 N–H and O–H groups in total. The molecule has 0 aliphatic carbocycles. The van der Waals surface area contributed by atoms with Gasteiger partial charge in [-0.05, 0) is 28.1 Å². The van der Waals surface area contributed by atoms with Gasteiger partial charge in [0, 0.05) is 19.2 Å². The lowest BCUT2D eigenvalue weighted by Gasteiger charge is -1.99. The fourth-order valence-corrected chi connectivity index (χ4v) is 1.85. The number of aliphatic hydroxyl groups is 1. The first-order valence-electron chi connectivity index (χ1n) is 4.71. The zero-order chi connectivity index (χ0) is 10.7. The van der Waals surface area contributed by atoms with Gasteiger partial charge in [0.25, 0.3) is 0 Å². The first kappa shape index (κ1) is 10.4. The Morgan fingerprint density at radius 2 is 2.00 bits per heavy atom. The second kappa shape index (κ2) is 4.59. The van der Waals surface area contributed by atoms with Crippen LogP contribution in [-0.2, 0) is 6.42 Å². The van der Waals surface area contributed by atoms with E-state index in [1.54, 1.807) is 4.68 Å². The van der Waals surface area contributed by atoms with E-state index in [4.69, 9.17) is 5.11 Å². The summed E-state index contributed by atoms with van der Waals surface area (Å²) in [5.74, 6) is 0. The Morgan fingerprint density at radius 3 is 2.67 bits per heavy atom. The van der Waals surface area contributed by atoms with E-state index in [1.165, 1.54) is 0 Å². The molecule has 0 aliphatic heterocycles. The number of halogens is 1. The summed E-state index contributed by atoms with van der Waals surface area (Å²) in [5.41, 5.74) is 1.89. The van der Waals surface area contributed by atoms with Crippen molar-refractivity contribution in [3.05, 3.63) is 46.7 Å². The molecule has 0 amide bonds. The minimum Gasteiger partial charge on any atom is -0.396 e. The van der Waals surface area contributed by atoms with Gasteiger partial charge in [0.05, 0.1) is 15.9 Å². The van der Waals surface area contributed by atoms with Gasteiger partial charge in [-0.25, -0.2) is 4.68 Å².